The van der Waals surface area contributed by atoms with Crippen LogP contribution in [0.5, 0.6) is 0 Å². The summed E-state index contributed by atoms with van der Waals surface area (Å²) in [6.45, 7) is 1.30. The topological polar surface area (TPSA) is 130 Å². The summed E-state index contributed by atoms with van der Waals surface area (Å²) in [4.78, 5) is 31.7. The first-order valence-corrected chi connectivity index (χ1v) is 4.35. The molecule has 7 heteroatoms. The molecule has 0 aromatic carbocycles. The fourth-order valence-corrected chi connectivity index (χ4v) is 0.792. The van der Waals surface area contributed by atoms with Gasteiger partial charge in [0.15, 0.2) is 0 Å². The summed E-state index contributed by atoms with van der Waals surface area (Å²) < 4.78 is 0. The van der Waals surface area contributed by atoms with Gasteiger partial charge in [-0.1, -0.05) is 0 Å². The first-order chi connectivity index (χ1) is 6.84. The molecule has 0 spiro atoms. The molecule has 0 heterocycles. The zero-order chi connectivity index (χ0) is 12.0. The molecule has 0 aromatic heterocycles. The SMILES string of the molecule is C[C@@H](NC(=O)[C@@H](N)CCC(=O)O)C(=O)O. The average Bonchev–Trinajstić information content (AvgIpc) is 2.13. The van der Waals surface area contributed by atoms with E-state index in [1.54, 1.807) is 0 Å². The first-order valence-electron chi connectivity index (χ1n) is 4.35. The van der Waals surface area contributed by atoms with Gasteiger partial charge in [0.25, 0.3) is 0 Å². The molecule has 2 atom stereocenters. The van der Waals surface area contributed by atoms with E-state index in [2.05, 4.69) is 5.32 Å². The molecule has 7 nitrogen and oxygen atoms in total. The Morgan fingerprint density at radius 2 is 1.87 bits per heavy atom. The van der Waals surface area contributed by atoms with E-state index in [4.69, 9.17) is 15.9 Å². The minimum atomic E-state index is -1.17. The number of hydrogen-bond acceptors (Lipinski definition) is 4. The Morgan fingerprint density at radius 1 is 1.33 bits per heavy atom. The van der Waals surface area contributed by atoms with Crippen LogP contribution in [0.3, 0.4) is 0 Å². The van der Waals surface area contributed by atoms with E-state index in [0.717, 1.165) is 0 Å². The summed E-state index contributed by atoms with van der Waals surface area (Å²) in [7, 11) is 0. The first kappa shape index (κ1) is 13.4. The van der Waals surface area contributed by atoms with Crippen LogP contribution in [0.4, 0.5) is 0 Å². The van der Waals surface area contributed by atoms with Gasteiger partial charge in [-0.15, -0.1) is 0 Å². The third-order valence-corrected chi connectivity index (χ3v) is 1.74. The minimum Gasteiger partial charge on any atom is -0.481 e. The van der Waals surface area contributed by atoms with Crippen LogP contribution in [-0.4, -0.2) is 40.1 Å². The number of carbonyl (C=O) groups is 3. The monoisotopic (exact) mass is 218 g/mol. The van der Waals surface area contributed by atoms with Gasteiger partial charge in [-0.05, 0) is 13.3 Å². The van der Waals surface area contributed by atoms with Crippen molar-refractivity contribution < 1.29 is 24.6 Å². The quantitative estimate of drug-likeness (QED) is 0.441. The Kier molecular flexibility index (Phi) is 5.32. The number of carboxylic acid groups (broad SMARTS) is 2. The molecule has 0 aliphatic carbocycles. The molecule has 0 aliphatic heterocycles. The summed E-state index contributed by atoms with van der Waals surface area (Å²) >= 11 is 0. The van der Waals surface area contributed by atoms with Crippen LogP contribution in [0, 0.1) is 0 Å². The third kappa shape index (κ3) is 5.63. The Balaban J connectivity index is 3.99. The lowest BCUT2D eigenvalue weighted by Crippen LogP contribution is -2.47. The number of nitrogens with one attached hydrogen (secondary N) is 1. The van der Waals surface area contributed by atoms with Crippen molar-refractivity contribution in [2.24, 2.45) is 5.73 Å². The highest BCUT2D eigenvalue weighted by atomic mass is 16.4. The molecule has 1 amide bonds. The van der Waals surface area contributed by atoms with Crippen molar-refractivity contribution >= 4 is 17.8 Å². The highest BCUT2D eigenvalue weighted by Gasteiger charge is 2.19. The largest absolute Gasteiger partial charge is 0.481 e. The molecular weight excluding hydrogens is 204 g/mol. The second-order valence-electron chi connectivity index (χ2n) is 3.11. The number of amides is 1. The third-order valence-electron chi connectivity index (χ3n) is 1.74. The van der Waals surface area contributed by atoms with Crippen molar-refractivity contribution in [3.05, 3.63) is 0 Å². The van der Waals surface area contributed by atoms with Gasteiger partial charge in [0.1, 0.15) is 6.04 Å². The van der Waals surface area contributed by atoms with Crippen LogP contribution >= 0.6 is 0 Å². The van der Waals surface area contributed by atoms with E-state index in [1.165, 1.54) is 6.92 Å². The van der Waals surface area contributed by atoms with Gasteiger partial charge >= 0.3 is 11.9 Å². The number of rotatable bonds is 6. The molecule has 86 valence electrons. The van der Waals surface area contributed by atoms with E-state index < -0.39 is 29.9 Å². The zero-order valence-electron chi connectivity index (χ0n) is 8.27. The maximum absolute atomic E-state index is 11.2. The Morgan fingerprint density at radius 3 is 2.27 bits per heavy atom. The standard InChI is InChI=1S/C8H14N2O5/c1-4(8(14)15)10-7(13)5(9)2-3-6(11)12/h4-5H,2-3,9H2,1H3,(H,10,13)(H,11,12)(H,14,15)/t4-,5+/m1/s1. The Bertz CT molecular complexity index is 266. The van der Waals surface area contributed by atoms with Crippen molar-refractivity contribution in [1.29, 1.82) is 0 Å². The average molecular weight is 218 g/mol. The predicted molar refractivity (Wildman–Crippen MR) is 50.1 cm³/mol. The number of nitrogens with two attached hydrogens (primary N) is 1. The van der Waals surface area contributed by atoms with Crippen LogP contribution in [0.15, 0.2) is 0 Å². The minimum absolute atomic E-state index is 0.0203. The molecule has 0 aliphatic rings. The van der Waals surface area contributed by atoms with Crippen molar-refractivity contribution in [2.45, 2.75) is 31.8 Å². The fraction of sp³-hybridized carbons (Fsp3) is 0.625. The van der Waals surface area contributed by atoms with E-state index >= 15 is 0 Å². The van der Waals surface area contributed by atoms with Crippen molar-refractivity contribution in [3.63, 3.8) is 0 Å². The lowest BCUT2D eigenvalue weighted by atomic mass is 10.1. The molecule has 0 fully saturated rings. The summed E-state index contributed by atoms with van der Waals surface area (Å²) in [5.74, 6) is -2.88. The van der Waals surface area contributed by atoms with Crippen LogP contribution in [0.2, 0.25) is 0 Å². The van der Waals surface area contributed by atoms with E-state index in [1.807, 2.05) is 0 Å². The van der Waals surface area contributed by atoms with Crippen LogP contribution < -0.4 is 11.1 Å². The number of carbonyl (C=O) groups excluding carboxylic acids is 1. The van der Waals surface area contributed by atoms with Gasteiger partial charge < -0.3 is 21.3 Å². The maximum Gasteiger partial charge on any atom is 0.325 e. The molecule has 0 radical (unpaired) electrons. The van der Waals surface area contributed by atoms with Crippen LogP contribution in [0.1, 0.15) is 19.8 Å². The summed E-state index contributed by atoms with van der Waals surface area (Å²) in [5.41, 5.74) is 5.35. The van der Waals surface area contributed by atoms with Gasteiger partial charge in [-0.3, -0.25) is 14.4 Å². The highest BCUT2D eigenvalue weighted by Crippen LogP contribution is 1.95. The van der Waals surface area contributed by atoms with Crippen molar-refractivity contribution in [1.82, 2.24) is 5.32 Å². The van der Waals surface area contributed by atoms with Gasteiger partial charge in [-0.2, -0.15) is 0 Å². The second kappa shape index (κ2) is 5.97. The molecule has 0 aromatic rings. The predicted octanol–water partition coefficient (Wildman–Crippen LogP) is -1.23. The van der Waals surface area contributed by atoms with Crippen LogP contribution in [-0.2, 0) is 14.4 Å². The Labute approximate surface area is 86.3 Å². The van der Waals surface area contributed by atoms with Crippen LogP contribution in [0.25, 0.3) is 0 Å². The lowest BCUT2D eigenvalue weighted by molar-refractivity contribution is -0.142. The zero-order valence-corrected chi connectivity index (χ0v) is 8.27. The highest BCUT2D eigenvalue weighted by molar-refractivity contribution is 5.86. The molecular formula is C8H14N2O5. The molecule has 0 bridgehead atoms. The van der Waals surface area contributed by atoms with E-state index in [9.17, 15) is 14.4 Å². The molecule has 15 heavy (non-hydrogen) atoms. The molecule has 0 unspecified atom stereocenters. The molecule has 0 rings (SSSR count). The van der Waals surface area contributed by atoms with Crippen molar-refractivity contribution in [3.8, 4) is 0 Å². The number of aliphatic carboxylic acids is 2. The van der Waals surface area contributed by atoms with Gasteiger partial charge in [-0.25, -0.2) is 0 Å². The number of hydrogen-bond donors (Lipinski definition) is 4. The van der Waals surface area contributed by atoms with Crippen molar-refractivity contribution in [2.75, 3.05) is 0 Å². The fourth-order valence-electron chi connectivity index (χ4n) is 0.792. The van der Waals surface area contributed by atoms with E-state index in [0.29, 0.717) is 0 Å². The summed E-state index contributed by atoms with van der Waals surface area (Å²) in [6, 6.07) is -2.03. The summed E-state index contributed by atoms with van der Waals surface area (Å²) in [5, 5.41) is 19.0. The normalized spacial score (nSPS) is 14.0. The number of carboxylic acids is 2. The lowest BCUT2D eigenvalue weighted by Gasteiger charge is -2.13. The van der Waals surface area contributed by atoms with E-state index in [-0.39, 0.29) is 12.8 Å². The maximum atomic E-state index is 11.2. The van der Waals surface area contributed by atoms with Gasteiger partial charge in [0.2, 0.25) is 5.91 Å². The summed E-state index contributed by atoms with van der Waals surface area (Å²) in [6.07, 6.45) is -0.246. The van der Waals surface area contributed by atoms with Gasteiger partial charge in [0.05, 0.1) is 6.04 Å². The second-order valence-corrected chi connectivity index (χ2v) is 3.11. The molecule has 0 saturated carbocycles. The Hall–Kier alpha value is -1.63. The van der Waals surface area contributed by atoms with Gasteiger partial charge in [0, 0.05) is 6.42 Å². The smallest absolute Gasteiger partial charge is 0.325 e. The molecule has 0 saturated heterocycles. The molecule has 5 N–H and O–H groups in total.